The molecule has 4 rings (SSSR count). The molecule has 0 aromatic heterocycles. The van der Waals surface area contributed by atoms with Gasteiger partial charge in [-0.05, 0) is 92.3 Å². The van der Waals surface area contributed by atoms with Gasteiger partial charge in [0.1, 0.15) is 5.60 Å². The van der Waals surface area contributed by atoms with Crippen molar-refractivity contribution in [3.63, 3.8) is 0 Å². The number of fused-ring (bicyclic) bond motifs is 5. The Hall–Kier alpha value is -0.480. The smallest absolute Gasteiger partial charge is 0.125 e. The van der Waals surface area contributed by atoms with Crippen LogP contribution in [0.4, 0.5) is 0 Å². The zero-order valence-corrected chi connectivity index (χ0v) is 14.4. The van der Waals surface area contributed by atoms with Crippen molar-refractivity contribution in [2.75, 3.05) is 0 Å². The van der Waals surface area contributed by atoms with Crippen LogP contribution in [0.2, 0.25) is 0 Å². The standard InChI is InChI=1S/C21H32O/c1-4-21(22)13-12-20(3)15(14-21)7-8-16-17-6-5-10-19(17,2)11-9-18(16)20/h1,15-18,22H,5-14H2,2-3H3/t15-,16-,17-,18-,19-,20-,21-/m0/s1. The molecule has 7 atom stereocenters. The molecule has 0 unspecified atom stereocenters. The zero-order valence-electron chi connectivity index (χ0n) is 14.4. The third-order valence-electron chi connectivity index (χ3n) is 8.78. The Morgan fingerprint density at radius 2 is 1.77 bits per heavy atom. The summed E-state index contributed by atoms with van der Waals surface area (Å²) in [7, 11) is 0. The predicted molar refractivity (Wildman–Crippen MR) is 90.1 cm³/mol. The monoisotopic (exact) mass is 300 g/mol. The van der Waals surface area contributed by atoms with Crippen molar-refractivity contribution in [3.8, 4) is 12.3 Å². The van der Waals surface area contributed by atoms with E-state index in [2.05, 4.69) is 19.8 Å². The molecule has 22 heavy (non-hydrogen) atoms. The van der Waals surface area contributed by atoms with E-state index in [1.807, 2.05) is 0 Å². The number of terminal acetylenes is 1. The highest BCUT2D eigenvalue weighted by Gasteiger charge is 2.59. The second-order valence-electron chi connectivity index (χ2n) is 9.62. The summed E-state index contributed by atoms with van der Waals surface area (Å²) in [6.07, 6.45) is 18.4. The van der Waals surface area contributed by atoms with E-state index in [4.69, 9.17) is 6.42 Å². The van der Waals surface area contributed by atoms with Crippen molar-refractivity contribution in [1.82, 2.24) is 0 Å². The van der Waals surface area contributed by atoms with Gasteiger partial charge in [0.05, 0.1) is 0 Å². The summed E-state index contributed by atoms with van der Waals surface area (Å²) in [4.78, 5) is 0. The summed E-state index contributed by atoms with van der Waals surface area (Å²) in [6, 6.07) is 0. The molecule has 4 aliphatic carbocycles. The average molecular weight is 300 g/mol. The zero-order chi connectivity index (χ0) is 15.6. The van der Waals surface area contributed by atoms with Crippen LogP contribution in [0.15, 0.2) is 0 Å². The minimum Gasteiger partial charge on any atom is -0.378 e. The lowest BCUT2D eigenvalue weighted by Crippen LogP contribution is -2.55. The van der Waals surface area contributed by atoms with E-state index in [1.165, 1.54) is 44.9 Å². The second kappa shape index (κ2) is 4.76. The molecule has 0 amide bonds. The van der Waals surface area contributed by atoms with E-state index in [1.54, 1.807) is 0 Å². The van der Waals surface area contributed by atoms with Gasteiger partial charge in [-0.1, -0.05) is 26.2 Å². The first kappa shape index (κ1) is 15.1. The Morgan fingerprint density at radius 1 is 0.955 bits per heavy atom. The van der Waals surface area contributed by atoms with E-state index in [0.29, 0.717) is 16.7 Å². The first-order valence-corrected chi connectivity index (χ1v) is 9.60. The van der Waals surface area contributed by atoms with Crippen molar-refractivity contribution in [2.24, 2.45) is 34.5 Å². The van der Waals surface area contributed by atoms with Gasteiger partial charge in [0, 0.05) is 0 Å². The van der Waals surface area contributed by atoms with Gasteiger partial charge in [-0.15, -0.1) is 6.42 Å². The van der Waals surface area contributed by atoms with Crippen LogP contribution in [0, 0.1) is 46.8 Å². The molecule has 1 N–H and O–H groups in total. The topological polar surface area (TPSA) is 20.2 Å². The van der Waals surface area contributed by atoms with Crippen LogP contribution in [-0.4, -0.2) is 10.7 Å². The minimum atomic E-state index is -0.812. The molecule has 0 aromatic rings. The number of hydrogen-bond donors (Lipinski definition) is 1. The summed E-state index contributed by atoms with van der Waals surface area (Å²) < 4.78 is 0. The molecule has 0 heterocycles. The lowest BCUT2D eigenvalue weighted by atomic mass is 9.44. The fourth-order valence-electron chi connectivity index (χ4n) is 7.37. The molecule has 122 valence electrons. The van der Waals surface area contributed by atoms with Crippen LogP contribution < -0.4 is 0 Å². The largest absolute Gasteiger partial charge is 0.378 e. The fourth-order valence-corrected chi connectivity index (χ4v) is 7.37. The molecule has 4 aliphatic rings. The third-order valence-corrected chi connectivity index (χ3v) is 8.78. The molecular weight excluding hydrogens is 268 g/mol. The quantitative estimate of drug-likeness (QED) is 0.638. The average Bonchev–Trinajstić information content (AvgIpc) is 2.90. The van der Waals surface area contributed by atoms with Crippen molar-refractivity contribution in [1.29, 1.82) is 0 Å². The lowest BCUT2D eigenvalue weighted by molar-refractivity contribution is -0.133. The van der Waals surface area contributed by atoms with E-state index < -0.39 is 5.60 Å². The van der Waals surface area contributed by atoms with Crippen molar-refractivity contribution >= 4 is 0 Å². The van der Waals surface area contributed by atoms with Gasteiger partial charge in [-0.3, -0.25) is 0 Å². The van der Waals surface area contributed by atoms with Crippen LogP contribution in [0.1, 0.15) is 78.1 Å². The van der Waals surface area contributed by atoms with Gasteiger partial charge in [0.15, 0.2) is 0 Å². The Bertz CT molecular complexity index is 505. The van der Waals surface area contributed by atoms with E-state index in [0.717, 1.165) is 37.0 Å². The summed E-state index contributed by atoms with van der Waals surface area (Å²) in [6.45, 7) is 5.12. The van der Waals surface area contributed by atoms with Gasteiger partial charge >= 0.3 is 0 Å². The molecule has 0 aromatic carbocycles. The maximum absolute atomic E-state index is 10.6. The van der Waals surface area contributed by atoms with Crippen molar-refractivity contribution < 1.29 is 5.11 Å². The van der Waals surface area contributed by atoms with E-state index >= 15 is 0 Å². The Balaban J connectivity index is 1.61. The Labute approximate surface area is 136 Å². The van der Waals surface area contributed by atoms with Gasteiger partial charge < -0.3 is 5.11 Å². The van der Waals surface area contributed by atoms with Gasteiger partial charge in [0.25, 0.3) is 0 Å². The normalized spacial score (nSPS) is 57.4. The lowest BCUT2D eigenvalue weighted by Gasteiger charge is -2.61. The van der Waals surface area contributed by atoms with Crippen molar-refractivity contribution in [3.05, 3.63) is 0 Å². The number of hydrogen-bond acceptors (Lipinski definition) is 1. The first-order chi connectivity index (χ1) is 10.4. The van der Waals surface area contributed by atoms with E-state index in [9.17, 15) is 5.11 Å². The molecule has 1 heteroatoms. The molecule has 4 saturated carbocycles. The highest BCUT2D eigenvalue weighted by atomic mass is 16.3. The van der Waals surface area contributed by atoms with Crippen molar-refractivity contribution in [2.45, 2.75) is 83.7 Å². The fraction of sp³-hybridized carbons (Fsp3) is 0.905. The molecular formula is C21H32O. The molecule has 0 aliphatic heterocycles. The van der Waals surface area contributed by atoms with Crippen LogP contribution in [0.25, 0.3) is 0 Å². The molecule has 0 spiro atoms. The first-order valence-electron chi connectivity index (χ1n) is 9.60. The molecule has 1 nitrogen and oxygen atoms in total. The molecule has 0 bridgehead atoms. The maximum atomic E-state index is 10.6. The van der Waals surface area contributed by atoms with Gasteiger partial charge in [-0.25, -0.2) is 0 Å². The Morgan fingerprint density at radius 3 is 2.55 bits per heavy atom. The van der Waals surface area contributed by atoms with Crippen LogP contribution in [-0.2, 0) is 0 Å². The van der Waals surface area contributed by atoms with Crippen LogP contribution in [0.3, 0.4) is 0 Å². The molecule has 0 saturated heterocycles. The summed E-state index contributed by atoms with van der Waals surface area (Å²) >= 11 is 0. The molecule has 4 fully saturated rings. The highest BCUT2D eigenvalue weighted by Crippen LogP contribution is 2.66. The summed E-state index contributed by atoms with van der Waals surface area (Å²) in [5.74, 6) is 6.18. The van der Waals surface area contributed by atoms with Gasteiger partial charge in [0.2, 0.25) is 0 Å². The summed E-state index contributed by atoms with van der Waals surface area (Å²) in [5.41, 5.74) is 0.280. The van der Waals surface area contributed by atoms with Crippen LogP contribution in [0.5, 0.6) is 0 Å². The Kier molecular flexibility index (Phi) is 3.26. The number of aliphatic hydroxyl groups is 1. The number of rotatable bonds is 0. The van der Waals surface area contributed by atoms with Gasteiger partial charge in [-0.2, -0.15) is 0 Å². The maximum Gasteiger partial charge on any atom is 0.125 e. The summed E-state index contributed by atoms with van der Waals surface area (Å²) in [5, 5.41) is 10.6. The highest BCUT2D eigenvalue weighted by molar-refractivity contribution is 5.15. The second-order valence-corrected chi connectivity index (χ2v) is 9.62. The predicted octanol–water partition coefficient (Wildman–Crippen LogP) is 4.78. The van der Waals surface area contributed by atoms with E-state index in [-0.39, 0.29) is 0 Å². The third kappa shape index (κ3) is 1.96. The minimum absolute atomic E-state index is 0.440. The van der Waals surface area contributed by atoms with Crippen LogP contribution >= 0.6 is 0 Å². The molecule has 0 radical (unpaired) electrons. The SMILES string of the molecule is C#C[C@]1(O)CC[C@@]2(C)[C@@H](CC[C@H]3[C@@H]4CCC[C@@]4(C)CC[C@@H]32)C1.